The van der Waals surface area contributed by atoms with E-state index in [-0.39, 0.29) is 17.9 Å². The molecule has 2 saturated heterocycles. The summed E-state index contributed by atoms with van der Waals surface area (Å²) in [7, 11) is 0. The Morgan fingerprint density at radius 2 is 2.13 bits per heavy atom. The molecule has 0 spiro atoms. The van der Waals surface area contributed by atoms with Gasteiger partial charge in [-0.05, 0) is 50.8 Å². The minimum absolute atomic E-state index is 0.00532. The van der Waals surface area contributed by atoms with Crippen LogP contribution in [0.15, 0.2) is 18.3 Å². The molecule has 23 heavy (non-hydrogen) atoms. The lowest BCUT2D eigenvalue weighted by Crippen LogP contribution is -2.49. The van der Waals surface area contributed by atoms with Crippen LogP contribution in [0, 0.1) is 18.8 Å². The summed E-state index contributed by atoms with van der Waals surface area (Å²) in [6.07, 6.45) is 5.51. The molecule has 0 radical (unpaired) electrons. The molecule has 1 saturated carbocycles. The summed E-state index contributed by atoms with van der Waals surface area (Å²) in [4.78, 5) is 21.7. The fraction of sp³-hybridized carbons (Fsp3) is 0.667. The van der Waals surface area contributed by atoms with Crippen LogP contribution in [-0.2, 0) is 9.53 Å². The predicted octanol–water partition coefficient (Wildman–Crippen LogP) is 1.85. The van der Waals surface area contributed by atoms with E-state index in [2.05, 4.69) is 9.88 Å². The quantitative estimate of drug-likeness (QED) is 0.854. The van der Waals surface area contributed by atoms with Crippen LogP contribution >= 0.6 is 0 Å². The zero-order chi connectivity index (χ0) is 15.8. The van der Waals surface area contributed by atoms with Gasteiger partial charge in [0.15, 0.2) is 0 Å². The normalized spacial score (nSPS) is 29.3. The minimum Gasteiger partial charge on any atom is -0.374 e. The summed E-state index contributed by atoms with van der Waals surface area (Å²) < 4.78 is 6.06. The van der Waals surface area contributed by atoms with Crippen molar-refractivity contribution in [3.8, 4) is 0 Å². The fourth-order valence-corrected chi connectivity index (χ4v) is 3.75. The van der Waals surface area contributed by atoms with E-state index < -0.39 is 0 Å². The van der Waals surface area contributed by atoms with E-state index in [4.69, 9.17) is 4.74 Å². The van der Waals surface area contributed by atoms with Crippen molar-refractivity contribution in [1.82, 2.24) is 9.88 Å². The van der Waals surface area contributed by atoms with E-state index in [1.165, 1.54) is 19.4 Å². The second kappa shape index (κ2) is 6.21. The third-order valence-electron chi connectivity index (χ3n) is 5.29. The zero-order valence-corrected chi connectivity index (χ0v) is 13.8. The van der Waals surface area contributed by atoms with Gasteiger partial charge in [-0.3, -0.25) is 9.78 Å². The Labute approximate surface area is 137 Å². The number of amides is 1. The zero-order valence-electron chi connectivity index (χ0n) is 13.8. The highest BCUT2D eigenvalue weighted by Crippen LogP contribution is 2.33. The molecule has 0 N–H and O–H groups in total. The molecule has 3 heterocycles. The van der Waals surface area contributed by atoms with Gasteiger partial charge in [0.2, 0.25) is 5.91 Å². The van der Waals surface area contributed by atoms with Gasteiger partial charge >= 0.3 is 0 Å². The predicted molar refractivity (Wildman–Crippen MR) is 88.3 cm³/mol. The maximum atomic E-state index is 13.0. The molecular weight excluding hydrogens is 290 g/mol. The first-order valence-electron chi connectivity index (χ1n) is 8.79. The largest absolute Gasteiger partial charge is 0.374 e. The Hall–Kier alpha value is -1.46. The number of hydrogen-bond donors (Lipinski definition) is 0. The van der Waals surface area contributed by atoms with Crippen molar-refractivity contribution in [3.05, 3.63) is 24.0 Å². The lowest BCUT2D eigenvalue weighted by atomic mass is 9.92. The highest BCUT2D eigenvalue weighted by Gasteiger charge is 2.40. The summed E-state index contributed by atoms with van der Waals surface area (Å²) >= 11 is 0. The van der Waals surface area contributed by atoms with Gasteiger partial charge in [-0.2, -0.15) is 0 Å². The Morgan fingerprint density at radius 1 is 1.26 bits per heavy atom. The molecule has 0 aromatic carbocycles. The molecule has 3 fully saturated rings. The summed E-state index contributed by atoms with van der Waals surface area (Å²) in [6.45, 7) is 6.31. The molecular formula is C18H25N3O2. The van der Waals surface area contributed by atoms with E-state index in [1.54, 1.807) is 6.20 Å². The molecule has 0 unspecified atom stereocenters. The van der Waals surface area contributed by atoms with Crippen LogP contribution in [0.4, 0.5) is 5.69 Å². The molecule has 1 aliphatic carbocycles. The molecule has 3 aliphatic rings. The summed E-state index contributed by atoms with van der Waals surface area (Å²) in [5.41, 5.74) is 1.86. The third kappa shape index (κ3) is 3.26. The minimum atomic E-state index is -0.00532. The monoisotopic (exact) mass is 315 g/mol. The highest BCUT2D eigenvalue weighted by atomic mass is 16.5. The van der Waals surface area contributed by atoms with Crippen LogP contribution < -0.4 is 4.90 Å². The van der Waals surface area contributed by atoms with Crippen LogP contribution in [0.3, 0.4) is 0 Å². The number of aryl methyl sites for hydroxylation is 1. The molecule has 2 aliphatic heterocycles. The summed E-state index contributed by atoms with van der Waals surface area (Å²) in [5, 5.41) is 0. The number of pyridine rings is 1. The maximum absolute atomic E-state index is 13.0. The van der Waals surface area contributed by atoms with Gasteiger partial charge in [-0.1, -0.05) is 0 Å². The van der Waals surface area contributed by atoms with Crippen LogP contribution in [0.25, 0.3) is 0 Å². The van der Waals surface area contributed by atoms with E-state index in [1.807, 2.05) is 24.0 Å². The average molecular weight is 315 g/mol. The Balaban J connectivity index is 1.47. The fourth-order valence-electron chi connectivity index (χ4n) is 3.75. The number of nitrogens with zero attached hydrogens (tertiary/aromatic N) is 3. The summed E-state index contributed by atoms with van der Waals surface area (Å²) in [6, 6.07) is 3.95. The molecule has 1 aromatic heterocycles. The van der Waals surface area contributed by atoms with Gasteiger partial charge in [-0.15, -0.1) is 0 Å². The first kappa shape index (κ1) is 15.1. The number of rotatable bonds is 3. The van der Waals surface area contributed by atoms with Crippen molar-refractivity contribution in [2.75, 3.05) is 37.7 Å². The van der Waals surface area contributed by atoms with E-state index in [9.17, 15) is 4.79 Å². The number of carbonyl (C=O) groups excluding carboxylic acids is 1. The molecule has 1 aromatic rings. The molecule has 4 rings (SSSR count). The standard InChI is InChI=1S/C18H25N3O2/c1-13-2-5-15(10-19-13)21-8-9-23-17-12-20(11-14-3-4-14)7-6-16(17)18(21)22/h2,5,10,14,16-17H,3-4,6-9,11-12H2,1H3/t16-,17+/m1/s1. The number of aromatic nitrogens is 1. The summed E-state index contributed by atoms with van der Waals surface area (Å²) in [5.74, 6) is 1.10. The Kier molecular flexibility index (Phi) is 4.07. The smallest absolute Gasteiger partial charge is 0.232 e. The van der Waals surface area contributed by atoms with Crippen LogP contribution in [0.2, 0.25) is 0 Å². The number of hydrogen-bond acceptors (Lipinski definition) is 4. The Morgan fingerprint density at radius 3 is 2.87 bits per heavy atom. The van der Waals surface area contributed by atoms with Crippen molar-refractivity contribution < 1.29 is 9.53 Å². The van der Waals surface area contributed by atoms with E-state index in [0.717, 1.165) is 36.8 Å². The van der Waals surface area contributed by atoms with Crippen molar-refractivity contribution >= 4 is 11.6 Å². The van der Waals surface area contributed by atoms with Gasteiger partial charge in [0.05, 0.1) is 30.5 Å². The first-order chi connectivity index (χ1) is 11.2. The van der Waals surface area contributed by atoms with Gasteiger partial charge in [-0.25, -0.2) is 0 Å². The first-order valence-corrected chi connectivity index (χ1v) is 8.79. The lowest BCUT2D eigenvalue weighted by Gasteiger charge is -2.37. The van der Waals surface area contributed by atoms with Crippen molar-refractivity contribution in [1.29, 1.82) is 0 Å². The van der Waals surface area contributed by atoms with Gasteiger partial charge in [0.25, 0.3) is 0 Å². The van der Waals surface area contributed by atoms with Crippen LogP contribution in [-0.4, -0.2) is 54.7 Å². The van der Waals surface area contributed by atoms with Crippen molar-refractivity contribution in [2.24, 2.45) is 11.8 Å². The number of likely N-dealkylation sites (tertiary alicyclic amines) is 1. The molecule has 5 nitrogen and oxygen atoms in total. The van der Waals surface area contributed by atoms with Crippen molar-refractivity contribution in [2.45, 2.75) is 32.3 Å². The molecule has 1 amide bonds. The maximum Gasteiger partial charge on any atom is 0.232 e. The van der Waals surface area contributed by atoms with E-state index >= 15 is 0 Å². The SMILES string of the molecule is Cc1ccc(N2CCO[C@H]3CN(CC4CC4)CC[C@H]3C2=O)cn1. The second-order valence-corrected chi connectivity index (χ2v) is 7.16. The van der Waals surface area contributed by atoms with Gasteiger partial charge in [0.1, 0.15) is 0 Å². The van der Waals surface area contributed by atoms with Crippen molar-refractivity contribution in [3.63, 3.8) is 0 Å². The molecule has 2 atom stereocenters. The third-order valence-corrected chi connectivity index (χ3v) is 5.29. The van der Waals surface area contributed by atoms with Gasteiger partial charge < -0.3 is 14.5 Å². The van der Waals surface area contributed by atoms with Gasteiger partial charge in [0, 0.05) is 25.3 Å². The molecule has 0 bridgehead atoms. The van der Waals surface area contributed by atoms with Crippen LogP contribution in [0.5, 0.6) is 0 Å². The number of ether oxygens (including phenoxy) is 1. The van der Waals surface area contributed by atoms with E-state index in [0.29, 0.717) is 13.2 Å². The highest BCUT2D eigenvalue weighted by molar-refractivity contribution is 5.95. The Bertz CT molecular complexity index is 570. The number of anilines is 1. The number of carbonyl (C=O) groups is 1. The lowest BCUT2D eigenvalue weighted by molar-refractivity contribution is -0.128. The average Bonchev–Trinajstić information content (AvgIpc) is 3.37. The topological polar surface area (TPSA) is 45.7 Å². The molecule has 124 valence electrons. The van der Waals surface area contributed by atoms with Crippen LogP contribution in [0.1, 0.15) is 25.0 Å². The number of piperidine rings is 1. The number of fused-ring (bicyclic) bond motifs is 1. The molecule has 5 heteroatoms. The second-order valence-electron chi connectivity index (χ2n) is 7.16.